The summed E-state index contributed by atoms with van der Waals surface area (Å²) in [7, 11) is 0. The molecule has 31 heavy (non-hydrogen) atoms. The van der Waals surface area contributed by atoms with E-state index in [2.05, 4.69) is 5.32 Å². The van der Waals surface area contributed by atoms with Crippen LogP contribution in [0.3, 0.4) is 0 Å². The van der Waals surface area contributed by atoms with E-state index < -0.39 is 0 Å². The number of hydrogen-bond acceptors (Lipinski definition) is 7. The maximum Gasteiger partial charge on any atom is 0.267 e. The number of thiocarbonyl (C=S) groups is 1. The predicted molar refractivity (Wildman–Crippen MR) is 131 cm³/mol. The topological polar surface area (TPSA) is 75.9 Å². The number of ether oxygens (including phenoxy) is 1. The van der Waals surface area contributed by atoms with Gasteiger partial charge in [0.05, 0.1) is 10.5 Å². The summed E-state index contributed by atoms with van der Waals surface area (Å²) in [5.41, 5.74) is 1.61. The zero-order chi connectivity index (χ0) is 22.5. The van der Waals surface area contributed by atoms with Crippen LogP contribution < -0.4 is 10.9 Å². The van der Waals surface area contributed by atoms with Crippen molar-refractivity contribution in [3.8, 4) is 0 Å². The average molecular weight is 461 g/mol. The van der Waals surface area contributed by atoms with E-state index in [1.165, 1.54) is 16.2 Å². The predicted octanol–water partition coefficient (Wildman–Crippen LogP) is 3.84. The monoisotopic (exact) mass is 460 g/mol. The number of anilines is 1. The van der Waals surface area contributed by atoms with Gasteiger partial charge in [-0.2, -0.15) is 0 Å². The molecule has 2 aromatic heterocycles. The molecule has 0 spiro atoms. The van der Waals surface area contributed by atoms with E-state index in [1.54, 1.807) is 17.2 Å². The lowest BCUT2D eigenvalue weighted by Crippen LogP contribution is -2.36. The number of nitrogens with zero attached hydrogens (tertiary/aromatic N) is 3. The van der Waals surface area contributed by atoms with Crippen LogP contribution in [0.1, 0.15) is 44.7 Å². The Morgan fingerprint density at radius 1 is 1.35 bits per heavy atom. The third kappa shape index (κ3) is 4.99. The quantitative estimate of drug-likeness (QED) is 0.346. The van der Waals surface area contributed by atoms with Crippen LogP contribution in [0.25, 0.3) is 11.7 Å². The van der Waals surface area contributed by atoms with Crippen molar-refractivity contribution < 1.29 is 9.53 Å². The Kier molecular flexibility index (Phi) is 7.85. The maximum atomic E-state index is 13.3. The Balaban J connectivity index is 2.03. The molecule has 1 amide bonds. The number of thioether (sulfide) groups is 1. The minimum absolute atomic E-state index is 0.00744. The van der Waals surface area contributed by atoms with Gasteiger partial charge >= 0.3 is 0 Å². The van der Waals surface area contributed by atoms with Crippen molar-refractivity contribution in [1.29, 1.82) is 0 Å². The van der Waals surface area contributed by atoms with Crippen LogP contribution in [0.4, 0.5) is 5.82 Å². The molecule has 1 N–H and O–H groups in total. The lowest BCUT2D eigenvalue weighted by atomic mass is 10.2. The van der Waals surface area contributed by atoms with E-state index in [0.717, 1.165) is 18.4 Å². The number of rotatable bonds is 9. The summed E-state index contributed by atoms with van der Waals surface area (Å²) >= 11 is 6.65. The number of hydrogen-bond donors (Lipinski definition) is 1. The Morgan fingerprint density at radius 3 is 2.84 bits per heavy atom. The second-order valence-electron chi connectivity index (χ2n) is 7.35. The SMILES string of the molecule is CCOCCCNc1nc2c(C)cccn2c(=O)c1C=C1SC(=S)N(C(C)CC)C1=O. The fourth-order valence-corrected chi connectivity index (χ4v) is 4.72. The Morgan fingerprint density at radius 2 is 2.13 bits per heavy atom. The molecule has 2 aromatic rings. The molecule has 3 rings (SSSR count). The Bertz CT molecular complexity index is 1080. The highest BCUT2D eigenvalue weighted by molar-refractivity contribution is 8.26. The van der Waals surface area contributed by atoms with Gasteiger partial charge in [0.15, 0.2) is 0 Å². The van der Waals surface area contributed by atoms with Crippen molar-refractivity contribution in [2.24, 2.45) is 0 Å². The smallest absolute Gasteiger partial charge is 0.267 e. The highest BCUT2D eigenvalue weighted by Gasteiger charge is 2.35. The van der Waals surface area contributed by atoms with Crippen LogP contribution in [-0.2, 0) is 9.53 Å². The van der Waals surface area contributed by atoms with Gasteiger partial charge in [0, 0.05) is 32.0 Å². The number of amides is 1. The number of carbonyl (C=O) groups is 1. The minimum atomic E-state index is -0.227. The summed E-state index contributed by atoms with van der Waals surface area (Å²) in [4.78, 5) is 33.1. The van der Waals surface area contributed by atoms with Crippen molar-refractivity contribution in [2.75, 3.05) is 25.1 Å². The molecule has 166 valence electrons. The van der Waals surface area contributed by atoms with E-state index in [0.29, 0.717) is 46.0 Å². The summed E-state index contributed by atoms with van der Waals surface area (Å²) in [5.74, 6) is 0.296. The van der Waals surface area contributed by atoms with Crippen molar-refractivity contribution in [1.82, 2.24) is 14.3 Å². The summed E-state index contributed by atoms with van der Waals surface area (Å²) in [6, 6.07) is 3.73. The number of aryl methyl sites for hydroxylation is 1. The molecule has 1 unspecified atom stereocenters. The van der Waals surface area contributed by atoms with Crippen molar-refractivity contribution >= 4 is 51.7 Å². The Labute approximate surface area is 191 Å². The van der Waals surface area contributed by atoms with Gasteiger partial charge in [-0.05, 0) is 51.3 Å². The van der Waals surface area contributed by atoms with E-state index in [4.69, 9.17) is 21.9 Å². The fourth-order valence-electron chi connectivity index (χ4n) is 3.28. The van der Waals surface area contributed by atoms with Gasteiger partial charge in [-0.3, -0.25) is 18.9 Å². The fraction of sp³-hybridized carbons (Fsp3) is 0.455. The zero-order valence-electron chi connectivity index (χ0n) is 18.3. The summed E-state index contributed by atoms with van der Waals surface area (Å²) < 4.78 is 7.42. The Hall–Kier alpha value is -2.23. The van der Waals surface area contributed by atoms with E-state index in [1.807, 2.05) is 39.8 Å². The van der Waals surface area contributed by atoms with Crippen LogP contribution in [0.5, 0.6) is 0 Å². The van der Waals surface area contributed by atoms with Gasteiger partial charge in [-0.1, -0.05) is 37.0 Å². The van der Waals surface area contributed by atoms with Crippen molar-refractivity contribution in [3.63, 3.8) is 0 Å². The lowest BCUT2D eigenvalue weighted by Gasteiger charge is -2.21. The molecule has 0 radical (unpaired) electrons. The highest BCUT2D eigenvalue weighted by atomic mass is 32.2. The number of aromatic nitrogens is 2. The van der Waals surface area contributed by atoms with Crippen LogP contribution in [-0.4, -0.2) is 50.3 Å². The summed E-state index contributed by atoms with van der Waals surface area (Å²) in [6.07, 6.45) is 4.89. The largest absolute Gasteiger partial charge is 0.382 e. The number of fused-ring (bicyclic) bond motifs is 1. The lowest BCUT2D eigenvalue weighted by molar-refractivity contribution is -0.123. The molecule has 0 saturated carbocycles. The van der Waals surface area contributed by atoms with Crippen LogP contribution in [0.2, 0.25) is 0 Å². The second kappa shape index (κ2) is 10.4. The van der Waals surface area contributed by atoms with Gasteiger partial charge in [-0.25, -0.2) is 4.98 Å². The van der Waals surface area contributed by atoms with Crippen molar-refractivity contribution in [3.05, 3.63) is 44.7 Å². The number of pyridine rings is 1. The van der Waals surface area contributed by atoms with Gasteiger partial charge < -0.3 is 10.1 Å². The molecular formula is C22H28N4O3S2. The molecule has 0 bridgehead atoms. The van der Waals surface area contributed by atoms with Gasteiger partial charge in [0.1, 0.15) is 15.8 Å². The summed E-state index contributed by atoms with van der Waals surface area (Å²) in [6.45, 7) is 9.74. The molecule has 1 aliphatic rings. The molecule has 3 heterocycles. The molecule has 1 atom stereocenters. The van der Waals surface area contributed by atoms with E-state index in [9.17, 15) is 9.59 Å². The van der Waals surface area contributed by atoms with Crippen LogP contribution in [0.15, 0.2) is 28.0 Å². The first kappa shape index (κ1) is 23.4. The molecular weight excluding hydrogens is 432 g/mol. The van der Waals surface area contributed by atoms with E-state index in [-0.39, 0.29) is 17.5 Å². The van der Waals surface area contributed by atoms with Gasteiger partial charge in [0.25, 0.3) is 11.5 Å². The average Bonchev–Trinajstić information content (AvgIpc) is 3.03. The highest BCUT2D eigenvalue weighted by Crippen LogP contribution is 2.34. The normalized spacial score (nSPS) is 16.5. The first-order valence-corrected chi connectivity index (χ1v) is 11.7. The third-order valence-electron chi connectivity index (χ3n) is 5.18. The zero-order valence-corrected chi connectivity index (χ0v) is 19.9. The van der Waals surface area contributed by atoms with Crippen LogP contribution >= 0.6 is 24.0 Å². The molecule has 9 heteroatoms. The molecule has 0 aromatic carbocycles. The summed E-state index contributed by atoms with van der Waals surface area (Å²) in [5, 5.41) is 3.26. The van der Waals surface area contributed by atoms with Gasteiger partial charge in [0.2, 0.25) is 0 Å². The second-order valence-corrected chi connectivity index (χ2v) is 9.03. The molecule has 0 aliphatic carbocycles. The molecule has 1 aliphatic heterocycles. The first-order chi connectivity index (χ1) is 14.9. The first-order valence-electron chi connectivity index (χ1n) is 10.5. The molecule has 7 nitrogen and oxygen atoms in total. The van der Waals surface area contributed by atoms with Crippen molar-refractivity contribution in [2.45, 2.75) is 46.6 Å². The minimum Gasteiger partial charge on any atom is -0.382 e. The number of carbonyl (C=O) groups excluding carboxylic acids is 1. The number of nitrogens with one attached hydrogen (secondary N) is 1. The van der Waals surface area contributed by atoms with Gasteiger partial charge in [-0.15, -0.1) is 0 Å². The molecule has 1 fully saturated rings. The third-order valence-corrected chi connectivity index (χ3v) is 6.51. The standard InChI is InChI=1S/C22H28N4O3S2/c1-5-15(4)26-21(28)17(31-22(26)30)13-16-18(23-10-8-12-29-6-2)24-19-14(3)9-7-11-25(19)20(16)27/h7,9,11,13,15,23H,5-6,8,10,12H2,1-4H3. The van der Waals surface area contributed by atoms with E-state index >= 15 is 0 Å². The molecule has 1 saturated heterocycles. The van der Waals surface area contributed by atoms with Crippen LogP contribution in [0, 0.1) is 6.92 Å². The maximum absolute atomic E-state index is 13.3.